The minimum atomic E-state index is -0.410. The molecular formula is C12H19NO3. The van der Waals surface area contributed by atoms with E-state index in [1.54, 1.807) is 12.1 Å². The Balaban J connectivity index is 2.29. The molecule has 0 fully saturated rings. The molecule has 0 radical (unpaired) electrons. The second-order valence-electron chi connectivity index (χ2n) is 4.71. The fourth-order valence-electron chi connectivity index (χ4n) is 1.08. The summed E-state index contributed by atoms with van der Waals surface area (Å²) in [5, 5.41) is 0. The predicted molar refractivity (Wildman–Crippen MR) is 61.4 cm³/mol. The van der Waals surface area contributed by atoms with Crippen molar-refractivity contribution >= 4 is 5.97 Å². The normalized spacial score (nSPS) is 11.8. The number of hydrogen-bond donors (Lipinski definition) is 0. The molecule has 0 amide bonds. The van der Waals surface area contributed by atoms with Crippen molar-refractivity contribution in [2.24, 2.45) is 0 Å². The molecule has 1 heterocycles. The van der Waals surface area contributed by atoms with Gasteiger partial charge in [0.1, 0.15) is 6.61 Å². The molecule has 0 aliphatic carbocycles. The highest BCUT2D eigenvalue weighted by atomic mass is 16.5. The number of nitrogens with zero attached hydrogens (tertiary/aromatic N) is 1. The number of ether oxygens (including phenoxy) is 1. The zero-order valence-corrected chi connectivity index (χ0v) is 10.3. The van der Waals surface area contributed by atoms with Gasteiger partial charge in [-0.2, -0.15) is 0 Å². The summed E-state index contributed by atoms with van der Waals surface area (Å²) in [6.45, 7) is 7.41. The molecule has 0 saturated heterocycles. The minimum absolute atomic E-state index is 0.0804. The van der Waals surface area contributed by atoms with Crippen LogP contribution in [0.5, 0.6) is 0 Å². The topological polar surface area (TPSA) is 42.7 Å². The molecule has 0 unspecified atom stereocenters. The molecule has 1 rings (SSSR count). The van der Waals surface area contributed by atoms with Gasteiger partial charge in [0, 0.05) is 12.1 Å². The number of carbonyl (C=O) groups is 1. The summed E-state index contributed by atoms with van der Waals surface area (Å²) in [5.41, 5.74) is 0.0804. The van der Waals surface area contributed by atoms with Crippen LogP contribution in [-0.2, 0) is 4.74 Å². The summed E-state index contributed by atoms with van der Waals surface area (Å²) < 4.78 is 10.0. The zero-order valence-electron chi connectivity index (χ0n) is 10.3. The molecule has 0 aromatic carbocycles. The van der Waals surface area contributed by atoms with E-state index >= 15 is 0 Å². The Morgan fingerprint density at radius 2 is 2.19 bits per heavy atom. The summed E-state index contributed by atoms with van der Waals surface area (Å²) in [7, 11) is 2.00. The van der Waals surface area contributed by atoms with Crippen molar-refractivity contribution in [1.82, 2.24) is 4.90 Å². The Kier molecular flexibility index (Phi) is 4.12. The second kappa shape index (κ2) is 5.16. The predicted octanol–water partition coefficient (Wildman–Crippen LogP) is 2.17. The molecule has 0 atom stereocenters. The van der Waals surface area contributed by atoms with Crippen molar-refractivity contribution in [2.45, 2.75) is 26.3 Å². The van der Waals surface area contributed by atoms with Crippen LogP contribution < -0.4 is 0 Å². The first-order valence-corrected chi connectivity index (χ1v) is 5.33. The molecule has 0 N–H and O–H groups in total. The van der Waals surface area contributed by atoms with E-state index in [0.29, 0.717) is 13.2 Å². The Morgan fingerprint density at radius 3 is 2.69 bits per heavy atom. The molecule has 1 aromatic heterocycles. The largest absolute Gasteiger partial charge is 0.458 e. The van der Waals surface area contributed by atoms with Gasteiger partial charge >= 0.3 is 5.97 Å². The SMILES string of the molecule is CN(CCOC(=O)c1ccco1)C(C)(C)C. The summed E-state index contributed by atoms with van der Waals surface area (Å²) >= 11 is 0. The van der Waals surface area contributed by atoms with Gasteiger partial charge in [-0.1, -0.05) is 0 Å². The zero-order chi connectivity index (χ0) is 12.2. The van der Waals surface area contributed by atoms with Crippen molar-refractivity contribution < 1.29 is 13.9 Å². The van der Waals surface area contributed by atoms with Crippen molar-refractivity contribution in [1.29, 1.82) is 0 Å². The van der Waals surface area contributed by atoms with Crippen LogP contribution in [0.3, 0.4) is 0 Å². The fraction of sp³-hybridized carbons (Fsp3) is 0.583. The Hall–Kier alpha value is -1.29. The quantitative estimate of drug-likeness (QED) is 0.736. The third-order valence-electron chi connectivity index (χ3n) is 2.53. The summed E-state index contributed by atoms with van der Waals surface area (Å²) in [6.07, 6.45) is 1.46. The highest BCUT2D eigenvalue weighted by molar-refractivity contribution is 5.86. The van der Waals surface area contributed by atoms with Gasteiger partial charge in [-0.3, -0.25) is 4.90 Å². The van der Waals surface area contributed by atoms with Gasteiger partial charge in [0.15, 0.2) is 0 Å². The van der Waals surface area contributed by atoms with Crippen molar-refractivity contribution in [3.05, 3.63) is 24.2 Å². The van der Waals surface area contributed by atoms with Gasteiger partial charge in [-0.05, 0) is 40.0 Å². The lowest BCUT2D eigenvalue weighted by Crippen LogP contribution is -2.40. The maximum absolute atomic E-state index is 11.4. The van der Waals surface area contributed by atoms with Crippen molar-refractivity contribution in [3.8, 4) is 0 Å². The van der Waals surface area contributed by atoms with E-state index < -0.39 is 5.97 Å². The number of rotatable bonds is 4. The smallest absolute Gasteiger partial charge is 0.374 e. The van der Waals surface area contributed by atoms with Crippen LogP contribution >= 0.6 is 0 Å². The third kappa shape index (κ3) is 3.70. The molecule has 0 aliphatic rings. The molecule has 90 valence electrons. The average Bonchev–Trinajstić information content (AvgIpc) is 2.68. The number of carbonyl (C=O) groups excluding carboxylic acids is 1. The van der Waals surface area contributed by atoms with E-state index in [9.17, 15) is 4.79 Å². The van der Waals surface area contributed by atoms with E-state index in [4.69, 9.17) is 9.15 Å². The minimum Gasteiger partial charge on any atom is -0.458 e. The van der Waals surface area contributed by atoms with E-state index in [1.807, 2.05) is 7.05 Å². The number of likely N-dealkylation sites (N-methyl/N-ethyl adjacent to an activating group) is 1. The third-order valence-corrected chi connectivity index (χ3v) is 2.53. The lowest BCUT2D eigenvalue weighted by Gasteiger charge is -2.31. The molecule has 1 aromatic rings. The monoisotopic (exact) mass is 225 g/mol. The lowest BCUT2D eigenvalue weighted by molar-refractivity contribution is 0.0390. The molecule has 0 aliphatic heterocycles. The second-order valence-corrected chi connectivity index (χ2v) is 4.71. The first-order valence-electron chi connectivity index (χ1n) is 5.33. The van der Waals surface area contributed by atoms with Crippen LogP contribution in [0.25, 0.3) is 0 Å². The lowest BCUT2D eigenvalue weighted by atomic mass is 10.1. The van der Waals surface area contributed by atoms with E-state index in [0.717, 1.165) is 0 Å². The van der Waals surface area contributed by atoms with Crippen LogP contribution in [0.2, 0.25) is 0 Å². The highest BCUT2D eigenvalue weighted by Crippen LogP contribution is 2.09. The number of hydrogen-bond acceptors (Lipinski definition) is 4. The van der Waals surface area contributed by atoms with Gasteiger partial charge in [0.2, 0.25) is 5.76 Å². The molecular weight excluding hydrogens is 206 g/mol. The molecule has 16 heavy (non-hydrogen) atoms. The standard InChI is InChI=1S/C12H19NO3/c1-12(2,3)13(4)7-9-16-11(14)10-6-5-8-15-10/h5-6,8H,7,9H2,1-4H3. The van der Waals surface area contributed by atoms with E-state index in [-0.39, 0.29) is 11.3 Å². The first kappa shape index (κ1) is 12.8. The van der Waals surface area contributed by atoms with Crippen LogP contribution in [-0.4, -0.2) is 36.6 Å². The van der Waals surface area contributed by atoms with Crippen molar-refractivity contribution in [3.63, 3.8) is 0 Å². The summed E-state index contributed by atoms with van der Waals surface area (Å²) in [4.78, 5) is 13.5. The van der Waals surface area contributed by atoms with Gasteiger partial charge < -0.3 is 9.15 Å². The van der Waals surface area contributed by atoms with Crippen LogP contribution in [0, 0.1) is 0 Å². The molecule has 0 saturated carbocycles. The van der Waals surface area contributed by atoms with Crippen LogP contribution in [0.4, 0.5) is 0 Å². The Labute approximate surface area is 96.2 Å². The molecule has 4 nitrogen and oxygen atoms in total. The van der Waals surface area contributed by atoms with Crippen LogP contribution in [0.15, 0.2) is 22.8 Å². The maximum Gasteiger partial charge on any atom is 0.374 e. The summed E-state index contributed by atoms with van der Waals surface area (Å²) in [5.74, 6) is -0.161. The maximum atomic E-state index is 11.4. The van der Waals surface area contributed by atoms with Gasteiger partial charge in [-0.15, -0.1) is 0 Å². The molecule has 0 spiro atoms. The average molecular weight is 225 g/mol. The van der Waals surface area contributed by atoms with E-state index in [1.165, 1.54) is 6.26 Å². The fourth-order valence-corrected chi connectivity index (χ4v) is 1.08. The number of furan rings is 1. The Morgan fingerprint density at radius 1 is 1.50 bits per heavy atom. The van der Waals surface area contributed by atoms with Crippen LogP contribution in [0.1, 0.15) is 31.3 Å². The van der Waals surface area contributed by atoms with Gasteiger partial charge in [-0.25, -0.2) is 4.79 Å². The van der Waals surface area contributed by atoms with Gasteiger partial charge in [0.25, 0.3) is 0 Å². The van der Waals surface area contributed by atoms with Gasteiger partial charge in [0.05, 0.1) is 6.26 Å². The Bertz CT molecular complexity index is 325. The molecule has 4 heteroatoms. The van der Waals surface area contributed by atoms with Crippen molar-refractivity contribution in [2.75, 3.05) is 20.2 Å². The van der Waals surface area contributed by atoms with E-state index in [2.05, 4.69) is 25.7 Å². The first-order chi connectivity index (χ1) is 7.41. The number of esters is 1. The summed E-state index contributed by atoms with van der Waals surface area (Å²) in [6, 6.07) is 3.26. The molecule has 0 bridgehead atoms. The highest BCUT2D eigenvalue weighted by Gasteiger charge is 2.17.